The Kier molecular flexibility index (Phi) is 4.55. The van der Waals surface area contributed by atoms with Gasteiger partial charge in [0, 0.05) is 10.9 Å². The molecule has 0 atom stereocenters. The third-order valence-corrected chi connectivity index (χ3v) is 3.83. The Morgan fingerprint density at radius 3 is 2.84 bits per heavy atom. The van der Waals surface area contributed by atoms with E-state index in [1.54, 1.807) is 23.5 Å². The van der Waals surface area contributed by atoms with E-state index in [2.05, 4.69) is 20.9 Å². The molecule has 0 fully saturated rings. The van der Waals surface area contributed by atoms with Crippen LogP contribution in [0.1, 0.15) is 21.1 Å². The highest BCUT2D eigenvalue weighted by Gasteiger charge is 2.12. The Balaban J connectivity index is 2.21. The Hall–Kier alpha value is -1.40. The third kappa shape index (κ3) is 3.33. The molecule has 100 valence electrons. The number of aldehydes is 1. The topological polar surface area (TPSA) is 48.4 Å². The monoisotopic (exact) mass is 341 g/mol. The van der Waals surface area contributed by atoms with Crippen molar-refractivity contribution >= 4 is 33.6 Å². The fourth-order valence-corrected chi connectivity index (χ4v) is 2.74. The molecule has 2 rings (SSSR count). The van der Waals surface area contributed by atoms with E-state index < -0.39 is 0 Å². The van der Waals surface area contributed by atoms with Crippen molar-refractivity contribution in [1.82, 2.24) is 4.98 Å². The fraction of sp³-hybridized carbons (Fsp3) is 0.231. The molecule has 6 heteroatoms. The van der Waals surface area contributed by atoms with Crippen molar-refractivity contribution < 1.29 is 14.3 Å². The first kappa shape index (κ1) is 14.0. The van der Waals surface area contributed by atoms with E-state index in [-0.39, 0.29) is 0 Å². The third-order valence-electron chi connectivity index (χ3n) is 2.42. The summed E-state index contributed by atoms with van der Waals surface area (Å²) in [4.78, 5) is 15.1. The van der Waals surface area contributed by atoms with Crippen molar-refractivity contribution in [2.75, 3.05) is 7.11 Å². The zero-order chi connectivity index (χ0) is 13.8. The van der Waals surface area contributed by atoms with Crippen molar-refractivity contribution in [3.05, 3.63) is 38.3 Å². The van der Waals surface area contributed by atoms with Gasteiger partial charge in [-0.3, -0.25) is 4.79 Å². The van der Waals surface area contributed by atoms with Crippen LogP contribution in [0.15, 0.2) is 22.0 Å². The molecule has 0 saturated heterocycles. The lowest BCUT2D eigenvalue weighted by molar-refractivity contribution is 0.112. The van der Waals surface area contributed by atoms with E-state index in [0.29, 0.717) is 28.1 Å². The van der Waals surface area contributed by atoms with E-state index in [1.807, 2.05) is 12.3 Å². The SMILES string of the molecule is COc1cc(C=O)cc(Br)c1OCc1csc(C)n1. The average Bonchev–Trinajstić information content (AvgIpc) is 2.82. The lowest BCUT2D eigenvalue weighted by atomic mass is 10.2. The van der Waals surface area contributed by atoms with Crippen LogP contribution in [0.25, 0.3) is 0 Å². The minimum atomic E-state index is 0.361. The summed E-state index contributed by atoms with van der Waals surface area (Å²) in [5.74, 6) is 1.09. The first-order chi connectivity index (χ1) is 9.13. The number of carbonyl (C=O) groups excluding carboxylic acids is 1. The van der Waals surface area contributed by atoms with Crippen LogP contribution in [0, 0.1) is 6.92 Å². The lowest BCUT2D eigenvalue weighted by Gasteiger charge is -2.12. The van der Waals surface area contributed by atoms with Crippen LogP contribution in [-0.4, -0.2) is 18.4 Å². The standard InChI is InChI=1S/C13H12BrNO3S/c1-8-15-10(7-19-8)6-18-13-11(14)3-9(5-16)4-12(13)17-2/h3-5,7H,6H2,1-2H3. The van der Waals surface area contributed by atoms with Crippen LogP contribution in [0.5, 0.6) is 11.5 Å². The summed E-state index contributed by atoms with van der Waals surface area (Å²) in [6.45, 7) is 2.31. The van der Waals surface area contributed by atoms with E-state index in [1.165, 1.54) is 7.11 Å². The molecular formula is C13H12BrNO3S. The molecule has 0 amide bonds. The van der Waals surface area contributed by atoms with Crippen LogP contribution in [0.3, 0.4) is 0 Å². The first-order valence-corrected chi connectivity index (χ1v) is 7.18. The second kappa shape index (κ2) is 6.16. The van der Waals surface area contributed by atoms with E-state index in [0.717, 1.165) is 17.0 Å². The van der Waals surface area contributed by atoms with Crippen molar-refractivity contribution in [3.63, 3.8) is 0 Å². The van der Waals surface area contributed by atoms with Crippen molar-refractivity contribution in [1.29, 1.82) is 0 Å². The molecule has 0 aliphatic heterocycles. The Morgan fingerprint density at radius 2 is 2.26 bits per heavy atom. The van der Waals surface area contributed by atoms with Gasteiger partial charge in [-0.2, -0.15) is 0 Å². The smallest absolute Gasteiger partial charge is 0.175 e. The number of thiazole rings is 1. The van der Waals surface area contributed by atoms with Gasteiger partial charge < -0.3 is 9.47 Å². The normalized spacial score (nSPS) is 10.3. The predicted octanol–water partition coefficient (Wildman–Crippen LogP) is 3.61. The molecule has 0 N–H and O–H groups in total. The molecular weight excluding hydrogens is 330 g/mol. The highest BCUT2D eigenvalue weighted by Crippen LogP contribution is 2.36. The van der Waals surface area contributed by atoms with Gasteiger partial charge in [-0.1, -0.05) is 0 Å². The summed E-state index contributed by atoms with van der Waals surface area (Å²) in [7, 11) is 1.54. The molecule has 0 aliphatic carbocycles. The van der Waals surface area contributed by atoms with Gasteiger partial charge in [0.25, 0.3) is 0 Å². The summed E-state index contributed by atoms with van der Waals surface area (Å²) >= 11 is 4.96. The molecule has 0 bridgehead atoms. The first-order valence-electron chi connectivity index (χ1n) is 5.50. The maximum absolute atomic E-state index is 10.8. The summed E-state index contributed by atoms with van der Waals surface area (Å²) < 4.78 is 11.6. The maximum Gasteiger partial charge on any atom is 0.175 e. The van der Waals surface area contributed by atoms with Gasteiger partial charge in [-0.05, 0) is 35.0 Å². The maximum atomic E-state index is 10.8. The highest BCUT2D eigenvalue weighted by molar-refractivity contribution is 9.10. The number of aryl methyl sites for hydroxylation is 1. The molecule has 2 aromatic rings. The minimum absolute atomic E-state index is 0.361. The molecule has 19 heavy (non-hydrogen) atoms. The largest absolute Gasteiger partial charge is 0.493 e. The summed E-state index contributed by atoms with van der Waals surface area (Å²) in [5, 5.41) is 2.95. The number of hydrogen-bond acceptors (Lipinski definition) is 5. The molecule has 0 unspecified atom stereocenters. The van der Waals surface area contributed by atoms with Gasteiger partial charge in [0.1, 0.15) is 12.9 Å². The number of halogens is 1. The zero-order valence-corrected chi connectivity index (χ0v) is 12.9. The van der Waals surface area contributed by atoms with Crippen LogP contribution < -0.4 is 9.47 Å². The predicted molar refractivity (Wildman–Crippen MR) is 77.3 cm³/mol. The fourth-order valence-electron chi connectivity index (χ4n) is 1.57. The number of benzene rings is 1. The Morgan fingerprint density at radius 1 is 1.47 bits per heavy atom. The quantitative estimate of drug-likeness (QED) is 0.779. The van der Waals surface area contributed by atoms with Gasteiger partial charge >= 0.3 is 0 Å². The molecule has 0 spiro atoms. The number of ether oxygens (including phenoxy) is 2. The number of aromatic nitrogens is 1. The number of methoxy groups -OCH3 is 1. The molecule has 1 aromatic carbocycles. The molecule has 0 aliphatic rings. The van der Waals surface area contributed by atoms with Crippen LogP contribution in [0.2, 0.25) is 0 Å². The van der Waals surface area contributed by atoms with E-state index in [4.69, 9.17) is 9.47 Å². The second-order valence-corrected chi connectivity index (χ2v) is 5.72. The summed E-state index contributed by atoms with van der Waals surface area (Å²) in [6, 6.07) is 3.33. The number of rotatable bonds is 5. The summed E-state index contributed by atoms with van der Waals surface area (Å²) in [6.07, 6.45) is 0.765. The molecule has 1 aromatic heterocycles. The second-order valence-electron chi connectivity index (χ2n) is 3.80. The van der Waals surface area contributed by atoms with Gasteiger partial charge in [0.05, 0.1) is 22.3 Å². The van der Waals surface area contributed by atoms with Crippen molar-refractivity contribution in [2.24, 2.45) is 0 Å². The Bertz CT molecular complexity index is 598. The van der Waals surface area contributed by atoms with Crippen molar-refractivity contribution in [2.45, 2.75) is 13.5 Å². The highest BCUT2D eigenvalue weighted by atomic mass is 79.9. The zero-order valence-electron chi connectivity index (χ0n) is 10.5. The molecule has 4 nitrogen and oxygen atoms in total. The Labute approximate surface area is 123 Å². The van der Waals surface area contributed by atoms with Crippen LogP contribution in [-0.2, 0) is 6.61 Å². The van der Waals surface area contributed by atoms with Gasteiger partial charge in [-0.25, -0.2) is 4.98 Å². The lowest BCUT2D eigenvalue weighted by Crippen LogP contribution is -2.00. The van der Waals surface area contributed by atoms with E-state index in [9.17, 15) is 4.79 Å². The van der Waals surface area contributed by atoms with Crippen molar-refractivity contribution in [3.8, 4) is 11.5 Å². The van der Waals surface area contributed by atoms with E-state index >= 15 is 0 Å². The number of nitrogens with zero attached hydrogens (tertiary/aromatic N) is 1. The van der Waals surface area contributed by atoms with Crippen LogP contribution >= 0.6 is 27.3 Å². The molecule has 0 saturated carbocycles. The average molecular weight is 342 g/mol. The number of hydrogen-bond donors (Lipinski definition) is 0. The van der Waals surface area contributed by atoms with Crippen LogP contribution in [0.4, 0.5) is 0 Å². The number of carbonyl (C=O) groups is 1. The van der Waals surface area contributed by atoms with Gasteiger partial charge in [-0.15, -0.1) is 11.3 Å². The molecule has 0 radical (unpaired) electrons. The van der Waals surface area contributed by atoms with Gasteiger partial charge in [0.2, 0.25) is 0 Å². The summed E-state index contributed by atoms with van der Waals surface area (Å²) in [5.41, 5.74) is 1.40. The molecule has 1 heterocycles. The minimum Gasteiger partial charge on any atom is -0.493 e. The van der Waals surface area contributed by atoms with Gasteiger partial charge in [0.15, 0.2) is 11.5 Å².